The van der Waals surface area contributed by atoms with Crippen LogP contribution in [-0.2, 0) is 6.54 Å². The smallest absolute Gasteiger partial charge is 0.142 e. The lowest BCUT2D eigenvalue weighted by Crippen LogP contribution is -2.02. The summed E-state index contributed by atoms with van der Waals surface area (Å²) in [6.07, 6.45) is 0. The van der Waals surface area contributed by atoms with Crippen molar-refractivity contribution in [3.63, 3.8) is 0 Å². The summed E-state index contributed by atoms with van der Waals surface area (Å²) in [7, 11) is 1.54. The predicted molar refractivity (Wildman–Crippen MR) is 81.8 cm³/mol. The zero-order valence-corrected chi connectivity index (χ0v) is 12.8. The monoisotopic (exact) mass is 333 g/mol. The molecule has 1 N–H and O–H groups in total. The lowest BCUT2D eigenvalue weighted by atomic mass is 10.2. The lowest BCUT2D eigenvalue weighted by Gasteiger charge is -2.13. The molecular formula is C14H11Cl3FNO. The van der Waals surface area contributed by atoms with Gasteiger partial charge in [0.2, 0.25) is 0 Å². The van der Waals surface area contributed by atoms with Gasteiger partial charge in [-0.2, -0.15) is 0 Å². The molecule has 0 bridgehead atoms. The van der Waals surface area contributed by atoms with Gasteiger partial charge in [-0.05, 0) is 30.3 Å². The molecule has 0 aromatic heterocycles. The van der Waals surface area contributed by atoms with Crippen LogP contribution >= 0.6 is 34.8 Å². The highest BCUT2D eigenvalue weighted by Crippen LogP contribution is 2.32. The van der Waals surface area contributed by atoms with Gasteiger partial charge in [0.15, 0.2) is 0 Å². The number of hydrogen-bond acceptors (Lipinski definition) is 2. The van der Waals surface area contributed by atoms with Gasteiger partial charge in [-0.25, -0.2) is 4.39 Å². The van der Waals surface area contributed by atoms with Crippen LogP contribution in [0, 0.1) is 5.82 Å². The van der Waals surface area contributed by atoms with Crippen LogP contribution in [0.1, 0.15) is 5.56 Å². The van der Waals surface area contributed by atoms with Gasteiger partial charge in [-0.1, -0.05) is 34.8 Å². The summed E-state index contributed by atoms with van der Waals surface area (Å²) in [6.45, 7) is 0.422. The Kier molecular flexibility index (Phi) is 4.97. The summed E-state index contributed by atoms with van der Waals surface area (Å²) < 4.78 is 18.3. The number of nitrogens with one attached hydrogen (secondary N) is 1. The SMILES string of the molecule is COc1c(Cl)cc(Cl)cc1CNc1ccc(F)c(Cl)c1. The van der Waals surface area contributed by atoms with Gasteiger partial charge in [0.1, 0.15) is 11.6 Å². The summed E-state index contributed by atoms with van der Waals surface area (Å²) in [5.74, 6) is 0.0948. The first-order valence-electron chi connectivity index (χ1n) is 5.72. The minimum absolute atomic E-state index is 0.0612. The lowest BCUT2D eigenvalue weighted by molar-refractivity contribution is 0.410. The van der Waals surface area contributed by atoms with Gasteiger partial charge in [-0.3, -0.25) is 0 Å². The Hall–Kier alpha value is -1.16. The third-order valence-electron chi connectivity index (χ3n) is 2.69. The number of hydrogen-bond donors (Lipinski definition) is 1. The Morgan fingerprint density at radius 1 is 1.10 bits per heavy atom. The van der Waals surface area contributed by atoms with E-state index in [1.54, 1.807) is 18.2 Å². The molecule has 0 saturated heterocycles. The van der Waals surface area contributed by atoms with E-state index in [-0.39, 0.29) is 5.02 Å². The van der Waals surface area contributed by atoms with Gasteiger partial charge in [0.05, 0.1) is 17.2 Å². The molecule has 0 aliphatic heterocycles. The van der Waals surface area contributed by atoms with Crippen LogP contribution in [0.5, 0.6) is 5.75 Å². The van der Waals surface area contributed by atoms with Gasteiger partial charge < -0.3 is 10.1 Å². The van der Waals surface area contributed by atoms with E-state index in [0.717, 1.165) is 5.56 Å². The van der Waals surface area contributed by atoms with E-state index in [0.29, 0.717) is 28.0 Å². The van der Waals surface area contributed by atoms with Gasteiger partial charge in [0.25, 0.3) is 0 Å². The minimum Gasteiger partial charge on any atom is -0.495 e. The van der Waals surface area contributed by atoms with Crippen molar-refractivity contribution >= 4 is 40.5 Å². The molecule has 106 valence electrons. The predicted octanol–water partition coefficient (Wildman–Crippen LogP) is 5.41. The molecular weight excluding hydrogens is 324 g/mol. The highest BCUT2D eigenvalue weighted by molar-refractivity contribution is 6.35. The topological polar surface area (TPSA) is 21.3 Å². The van der Waals surface area contributed by atoms with Crippen molar-refractivity contribution < 1.29 is 9.13 Å². The fraction of sp³-hybridized carbons (Fsp3) is 0.143. The van der Waals surface area contributed by atoms with Crippen molar-refractivity contribution in [3.8, 4) is 5.75 Å². The average Bonchev–Trinajstić information content (AvgIpc) is 2.39. The normalized spacial score (nSPS) is 10.4. The van der Waals surface area contributed by atoms with Crippen LogP contribution in [0.25, 0.3) is 0 Å². The van der Waals surface area contributed by atoms with E-state index in [1.165, 1.54) is 19.2 Å². The number of halogens is 4. The van der Waals surface area contributed by atoms with Crippen LogP contribution < -0.4 is 10.1 Å². The molecule has 6 heteroatoms. The van der Waals surface area contributed by atoms with Crippen LogP contribution in [-0.4, -0.2) is 7.11 Å². The maximum absolute atomic E-state index is 13.1. The second-order valence-electron chi connectivity index (χ2n) is 4.06. The molecule has 20 heavy (non-hydrogen) atoms. The van der Waals surface area contributed by atoms with Crippen LogP contribution in [0.15, 0.2) is 30.3 Å². The van der Waals surface area contributed by atoms with Crippen LogP contribution in [0.4, 0.5) is 10.1 Å². The zero-order chi connectivity index (χ0) is 14.7. The molecule has 0 amide bonds. The Morgan fingerprint density at radius 2 is 1.85 bits per heavy atom. The second-order valence-corrected chi connectivity index (χ2v) is 5.31. The first kappa shape index (κ1) is 15.2. The van der Waals surface area contributed by atoms with E-state index in [2.05, 4.69) is 5.32 Å². The van der Waals surface area contributed by atoms with Crippen LogP contribution in [0.3, 0.4) is 0 Å². The maximum Gasteiger partial charge on any atom is 0.142 e. The number of ether oxygens (including phenoxy) is 1. The Labute approximate surface area is 131 Å². The quantitative estimate of drug-likeness (QED) is 0.807. The molecule has 2 rings (SSSR count). The molecule has 0 radical (unpaired) electrons. The first-order valence-corrected chi connectivity index (χ1v) is 6.85. The Bertz CT molecular complexity index is 634. The zero-order valence-electron chi connectivity index (χ0n) is 10.5. The van der Waals surface area contributed by atoms with E-state index >= 15 is 0 Å². The molecule has 0 saturated carbocycles. The minimum atomic E-state index is -0.458. The number of anilines is 1. The van der Waals surface area contributed by atoms with Crippen molar-refractivity contribution in [2.45, 2.75) is 6.54 Å². The summed E-state index contributed by atoms with van der Waals surface area (Å²) in [4.78, 5) is 0. The highest BCUT2D eigenvalue weighted by Gasteiger charge is 2.10. The van der Waals surface area contributed by atoms with Crippen molar-refractivity contribution in [3.05, 3.63) is 56.8 Å². The molecule has 2 aromatic carbocycles. The van der Waals surface area contributed by atoms with Gasteiger partial charge in [-0.15, -0.1) is 0 Å². The Balaban J connectivity index is 2.20. The summed E-state index contributed by atoms with van der Waals surface area (Å²) >= 11 is 17.7. The molecule has 0 heterocycles. The van der Waals surface area contributed by atoms with E-state index in [1.807, 2.05) is 0 Å². The van der Waals surface area contributed by atoms with Crippen molar-refractivity contribution in [1.82, 2.24) is 0 Å². The summed E-state index contributed by atoms with van der Waals surface area (Å²) in [6, 6.07) is 7.77. The molecule has 2 nitrogen and oxygen atoms in total. The first-order chi connectivity index (χ1) is 9.51. The number of methoxy groups -OCH3 is 1. The van der Waals surface area contributed by atoms with Gasteiger partial charge >= 0.3 is 0 Å². The molecule has 0 atom stereocenters. The van der Waals surface area contributed by atoms with Gasteiger partial charge in [0, 0.05) is 22.8 Å². The van der Waals surface area contributed by atoms with Crippen molar-refractivity contribution in [2.24, 2.45) is 0 Å². The summed E-state index contributed by atoms with van der Waals surface area (Å²) in [5.41, 5.74) is 1.49. The largest absolute Gasteiger partial charge is 0.495 e. The third-order valence-corrected chi connectivity index (χ3v) is 3.48. The van der Waals surface area contributed by atoms with E-state index in [9.17, 15) is 4.39 Å². The molecule has 0 unspecified atom stereocenters. The van der Waals surface area contributed by atoms with E-state index in [4.69, 9.17) is 39.5 Å². The molecule has 0 fully saturated rings. The molecule has 0 aliphatic carbocycles. The second kappa shape index (κ2) is 6.53. The number of rotatable bonds is 4. The summed E-state index contributed by atoms with van der Waals surface area (Å²) in [5, 5.41) is 4.13. The van der Waals surface area contributed by atoms with Crippen LogP contribution in [0.2, 0.25) is 15.1 Å². The van der Waals surface area contributed by atoms with Crippen molar-refractivity contribution in [1.29, 1.82) is 0 Å². The van der Waals surface area contributed by atoms with E-state index < -0.39 is 5.82 Å². The highest BCUT2D eigenvalue weighted by atomic mass is 35.5. The molecule has 0 aliphatic rings. The molecule has 2 aromatic rings. The van der Waals surface area contributed by atoms with Crippen molar-refractivity contribution in [2.75, 3.05) is 12.4 Å². The standard InChI is InChI=1S/C14H11Cl3FNO/c1-20-14-8(4-9(15)5-12(14)17)7-19-10-2-3-13(18)11(16)6-10/h2-6,19H,7H2,1H3. The average molecular weight is 335 g/mol. The number of benzene rings is 2. The maximum atomic E-state index is 13.1. The fourth-order valence-corrected chi connectivity index (χ4v) is 2.57. The third kappa shape index (κ3) is 3.48. The Morgan fingerprint density at radius 3 is 2.50 bits per heavy atom. The fourth-order valence-electron chi connectivity index (χ4n) is 1.78. The molecule has 0 spiro atoms.